The fraction of sp³-hybridized carbons (Fsp3) is 0.360. The first-order valence-electron chi connectivity index (χ1n) is 9.68. The molecule has 3 aromatic heterocycles. The number of nitrogens with zero attached hydrogens (tertiary/aromatic N) is 3. The van der Waals surface area contributed by atoms with Gasteiger partial charge in [0.05, 0.1) is 5.52 Å². The van der Waals surface area contributed by atoms with E-state index >= 15 is 0 Å². The van der Waals surface area contributed by atoms with E-state index in [0.29, 0.717) is 0 Å². The zero-order valence-corrected chi connectivity index (χ0v) is 17.2. The molecule has 3 nitrogen and oxygen atoms in total. The van der Waals surface area contributed by atoms with E-state index in [1.165, 1.54) is 55.9 Å². The van der Waals surface area contributed by atoms with Crippen molar-refractivity contribution in [2.75, 3.05) is 0 Å². The maximum atomic E-state index is 4.62. The van der Waals surface area contributed by atoms with Gasteiger partial charge in [-0.1, -0.05) is 13.5 Å². The van der Waals surface area contributed by atoms with Crippen LogP contribution in [-0.2, 0) is 5.54 Å². The zero-order chi connectivity index (χ0) is 19.2. The van der Waals surface area contributed by atoms with Crippen LogP contribution >= 0.6 is 0 Å². The Hall–Kier alpha value is -2.68. The van der Waals surface area contributed by atoms with Gasteiger partial charge in [0.15, 0.2) is 11.2 Å². The van der Waals surface area contributed by atoms with Crippen LogP contribution in [0.4, 0.5) is 0 Å². The highest BCUT2D eigenvalue weighted by Gasteiger charge is 2.46. The highest BCUT2D eigenvalue weighted by atomic mass is 15.2. The molecule has 1 aliphatic heterocycles. The molecule has 1 aromatic carbocycles. The fourth-order valence-electron chi connectivity index (χ4n) is 5.16. The van der Waals surface area contributed by atoms with Gasteiger partial charge >= 0.3 is 0 Å². The van der Waals surface area contributed by atoms with Crippen LogP contribution in [0.15, 0.2) is 30.5 Å². The largest absolute Gasteiger partial charge is 0.259 e. The summed E-state index contributed by atoms with van der Waals surface area (Å²) in [6.07, 6.45) is 1.88. The van der Waals surface area contributed by atoms with Crippen molar-refractivity contribution in [1.82, 2.24) is 9.38 Å². The molecule has 1 aliphatic rings. The first-order chi connectivity index (χ1) is 12.7. The van der Waals surface area contributed by atoms with Gasteiger partial charge in [-0.3, -0.25) is 4.98 Å². The van der Waals surface area contributed by atoms with Gasteiger partial charge < -0.3 is 0 Å². The minimum absolute atomic E-state index is 0. The SMILES string of the molecule is C.Cc1c(C)c(C)n2c(C)[n+]3c(c2c1C)-c1cc2ncccc2cc1C3(C)C. The number of benzene rings is 1. The number of aryl methyl sites for hydroxylation is 3. The van der Waals surface area contributed by atoms with Crippen molar-refractivity contribution in [3.8, 4) is 11.3 Å². The Morgan fingerprint density at radius 1 is 0.964 bits per heavy atom. The maximum Gasteiger partial charge on any atom is 0.259 e. The molecule has 144 valence electrons. The van der Waals surface area contributed by atoms with Crippen molar-refractivity contribution >= 4 is 16.4 Å². The van der Waals surface area contributed by atoms with E-state index in [-0.39, 0.29) is 13.0 Å². The summed E-state index contributed by atoms with van der Waals surface area (Å²) in [7, 11) is 0. The van der Waals surface area contributed by atoms with E-state index in [4.69, 9.17) is 0 Å². The van der Waals surface area contributed by atoms with Crippen molar-refractivity contribution < 1.29 is 4.57 Å². The average Bonchev–Trinajstić information content (AvgIpc) is 3.08. The van der Waals surface area contributed by atoms with Crippen LogP contribution in [0.25, 0.3) is 27.7 Å². The maximum absolute atomic E-state index is 4.62. The lowest BCUT2D eigenvalue weighted by Crippen LogP contribution is -2.51. The third-order valence-corrected chi connectivity index (χ3v) is 6.89. The Morgan fingerprint density at radius 3 is 2.39 bits per heavy atom. The number of fused-ring (bicyclic) bond motifs is 6. The summed E-state index contributed by atoms with van der Waals surface area (Å²) in [5, 5.41) is 1.21. The van der Waals surface area contributed by atoms with Crippen molar-refractivity contribution in [2.24, 2.45) is 0 Å². The molecule has 3 heteroatoms. The molecule has 0 spiro atoms. The standard InChI is InChI=1S/C24H26N3.CH4/c1-13-14(2)16(4)26-17(5)27-23(22(26)15(13)3)19-12-21-18(9-8-10-25-21)11-20(19)24(27,6)7;/h8-12H,1-7H3;1H4/q+1;. The van der Waals surface area contributed by atoms with E-state index in [0.717, 1.165) is 5.52 Å². The summed E-state index contributed by atoms with van der Waals surface area (Å²) in [5.74, 6) is 1.29. The van der Waals surface area contributed by atoms with Crippen molar-refractivity contribution in [3.05, 3.63) is 64.2 Å². The van der Waals surface area contributed by atoms with Gasteiger partial charge in [0.2, 0.25) is 0 Å². The van der Waals surface area contributed by atoms with Crippen LogP contribution in [0.1, 0.15) is 55.0 Å². The Balaban J connectivity index is 0.00000192. The summed E-state index contributed by atoms with van der Waals surface area (Å²) in [4.78, 5) is 4.62. The molecule has 5 rings (SSSR count). The second-order valence-electron chi connectivity index (χ2n) is 8.53. The molecule has 0 N–H and O–H groups in total. The van der Waals surface area contributed by atoms with Crippen LogP contribution < -0.4 is 4.57 Å². The minimum Gasteiger partial charge on any atom is -0.256 e. The molecule has 0 aliphatic carbocycles. The number of imidazole rings is 1. The van der Waals surface area contributed by atoms with Crippen molar-refractivity contribution in [1.29, 1.82) is 0 Å². The molecular weight excluding hydrogens is 342 g/mol. The van der Waals surface area contributed by atoms with Gasteiger partial charge in [-0.2, -0.15) is 4.40 Å². The fourth-order valence-corrected chi connectivity index (χ4v) is 5.16. The first-order valence-corrected chi connectivity index (χ1v) is 9.68. The monoisotopic (exact) mass is 372 g/mol. The molecule has 0 fully saturated rings. The molecule has 4 aromatic rings. The highest BCUT2D eigenvalue weighted by molar-refractivity contribution is 5.91. The van der Waals surface area contributed by atoms with Crippen LogP contribution in [0.3, 0.4) is 0 Å². The number of hydrogen-bond acceptors (Lipinski definition) is 1. The molecule has 0 unspecified atom stereocenters. The summed E-state index contributed by atoms with van der Waals surface area (Å²) >= 11 is 0. The van der Waals surface area contributed by atoms with Gasteiger partial charge in [0.1, 0.15) is 11.2 Å². The molecular formula is C25H30N3+. The van der Waals surface area contributed by atoms with E-state index in [1.54, 1.807) is 0 Å². The third-order valence-electron chi connectivity index (χ3n) is 6.89. The average molecular weight is 373 g/mol. The van der Waals surface area contributed by atoms with Crippen molar-refractivity contribution in [3.63, 3.8) is 0 Å². The van der Waals surface area contributed by atoms with Crippen LogP contribution in [0.2, 0.25) is 0 Å². The zero-order valence-electron chi connectivity index (χ0n) is 17.2. The van der Waals surface area contributed by atoms with Crippen LogP contribution in [0.5, 0.6) is 0 Å². The van der Waals surface area contributed by atoms with Crippen LogP contribution in [0, 0.1) is 34.6 Å². The molecule has 0 saturated heterocycles. The topological polar surface area (TPSA) is 21.2 Å². The van der Waals surface area contributed by atoms with Gasteiger partial charge in [-0.25, -0.2) is 4.57 Å². The lowest BCUT2D eigenvalue weighted by atomic mass is 9.91. The molecule has 0 radical (unpaired) electrons. The summed E-state index contributed by atoms with van der Waals surface area (Å²) in [5.41, 5.74) is 11.9. The Bertz CT molecular complexity index is 1290. The Morgan fingerprint density at radius 2 is 1.68 bits per heavy atom. The van der Waals surface area contributed by atoms with E-state index < -0.39 is 0 Å². The van der Waals surface area contributed by atoms with Gasteiger partial charge in [-0.05, 0) is 70.9 Å². The predicted octanol–water partition coefficient (Wildman–Crippen LogP) is 5.72. The lowest BCUT2D eigenvalue weighted by molar-refractivity contribution is -0.736. The number of aromatic nitrogens is 3. The second kappa shape index (κ2) is 5.66. The lowest BCUT2D eigenvalue weighted by Gasteiger charge is -2.19. The molecule has 0 bridgehead atoms. The second-order valence-corrected chi connectivity index (χ2v) is 8.53. The Kier molecular flexibility index (Phi) is 3.78. The minimum atomic E-state index is -0.0918. The number of hydrogen-bond donors (Lipinski definition) is 0. The van der Waals surface area contributed by atoms with E-state index in [9.17, 15) is 0 Å². The molecule has 0 atom stereocenters. The van der Waals surface area contributed by atoms with Crippen molar-refractivity contribution in [2.45, 2.75) is 61.4 Å². The van der Waals surface area contributed by atoms with Gasteiger partial charge in [0.25, 0.3) is 5.82 Å². The molecule has 4 heterocycles. The number of rotatable bonds is 0. The van der Waals surface area contributed by atoms with Gasteiger partial charge in [0, 0.05) is 35.2 Å². The van der Waals surface area contributed by atoms with E-state index in [1.807, 2.05) is 12.3 Å². The quantitative estimate of drug-likeness (QED) is 0.362. The summed E-state index contributed by atoms with van der Waals surface area (Å²) in [6, 6.07) is 8.81. The summed E-state index contributed by atoms with van der Waals surface area (Å²) in [6.45, 7) is 15.9. The van der Waals surface area contributed by atoms with Gasteiger partial charge in [-0.15, -0.1) is 0 Å². The highest BCUT2D eigenvalue weighted by Crippen LogP contribution is 2.44. The smallest absolute Gasteiger partial charge is 0.256 e. The molecule has 0 amide bonds. The normalized spacial score (nSPS) is 14.2. The Labute approximate surface area is 167 Å². The molecule has 28 heavy (non-hydrogen) atoms. The molecule has 0 saturated carbocycles. The van der Waals surface area contributed by atoms with E-state index in [2.05, 4.69) is 80.6 Å². The predicted molar refractivity (Wildman–Crippen MR) is 117 cm³/mol. The summed E-state index contributed by atoms with van der Waals surface area (Å²) < 4.78 is 4.99. The first kappa shape index (κ1) is 18.7. The van der Waals surface area contributed by atoms with Crippen LogP contribution in [-0.4, -0.2) is 9.38 Å². The number of pyridine rings is 2. The third kappa shape index (κ3) is 1.99.